The first-order valence-corrected chi connectivity index (χ1v) is 9.64. The van der Waals surface area contributed by atoms with Crippen molar-refractivity contribution in [1.82, 2.24) is 19.7 Å². The molecule has 168 valence electrons. The third kappa shape index (κ3) is 4.07. The second-order valence-electron chi connectivity index (χ2n) is 7.95. The molecule has 12 heteroatoms. The minimum Gasteiger partial charge on any atom is -0.444 e. The Kier molecular flexibility index (Phi) is 5.04. The number of carbonyl (C=O) groups excluding carboxylic acids is 1. The number of aromatic nitrogens is 4. The maximum Gasteiger partial charge on any atom is 0.435 e. The number of amides is 1. The van der Waals surface area contributed by atoms with Crippen molar-refractivity contribution >= 4 is 45.3 Å². The molecule has 0 radical (unpaired) electrons. The van der Waals surface area contributed by atoms with Gasteiger partial charge in [0.05, 0.1) is 33.5 Å². The number of H-pyrrole nitrogens is 1. The minimum atomic E-state index is -4.65. The van der Waals surface area contributed by atoms with E-state index < -0.39 is 29.4 Å². The fourth-order valence-electron chi connectivity index (χ4n) is 3.22. The second-order valence-corrected chi connectivity index (χ2v) is 8.36. The van der Waals surface area contributed by atoms with Crippen LogP contribution in [0.1, 0.15) is 26.5 Å². The van der Waals surface area contributed by atoms with Crippen LogP contribution in [0.2, 0.25) is 5.02 Å². The number of rotatable bonds is 2. The molecule has 3 heterocycles. The van der Waals surface area contributed by atoms with Gasteiger partial charge in [-0.1, -0.05) is 11.6 Å². The van der Waals surface area contributed by atoms with E-state index in [2.05, 4.69) is 20.4 Å². The van der Waals surface area contributed by atoms with E-state index in [9.17, 15) is 22.4 Å². The Balaban J connectivity index is 1.92. The molecule has 4 rings (SSSR count). The molecule has 0 unspecified atom stereocenters. The zero-order valence-corrected chi connectivity index (χ0v) is 17.7. The van der Waals surface area contributed by atoms with E-state index in [0.717, 1.165) is 29.1 Å². The summed E-state index contributed by atoms with van der Waals surface area (Å²) in [4.78, 5) is 19.3. The lowest BCUT2D eigenvalue weighted by Gasteiger charge is -2.19. The molecule has 0 aliphatic rings. The molecule has 32 heavy (non-hydrogen) atoms. The monoisotopic (exact) mass is 469 g/mol. The van der Waals surface area contributed by atoms with Crippen molar-refractivity contribution in [3.63, 3.8) is 0 Å². The van der Waals surface area contributed by atoms with E-state index in [1.54, 1.807) is 20.8 Å². The van der Waals surface area contributed by atoms with E-state index >= 15 is 0 Å². The Morgan fingerprint density at radius 1 is 1.25 bits per heavy atom. The Morgan fingerprint density at radius 2 is 1.97 bits per heavy atom. The van der Waals surface area contributed by atoms with Crippen molar-refractivity contribution in [2.45, 2.75) is 32.5 Å². The lowest BCUT2D eigenvalue weighted by atomic mass is 10.1. The van der Waals surface area contributed by atoms with Crippen LogP contribution < -0.4 is 5.32 Å². The highest BCUT2D eigenvalue weighted by atomic mass is 35.5. The molecule has 0 saturated carbocycles. The van der Waals surface area contributed by atoms with E-state index in [4.69, 9.17) is 16.3 Å². The van der Waals surface area contributed by atoms with Crippen molar-refractivity contribution < 1.29 is 27.1 Å². The summed E-state index contributed by atoms with van der Waals surface area (Å²) in [6.45, 7) is 5.02. The summed E-state index contributed by atoms with van der Waals surface area (Å²) in [7, 11) is 0. The maximum atomic E-state index is 14.5. The fourth-order valence-corrected chi connectivity index (χ4v) is 3.45. The lowest BCUT2D eigenvalue weighted by Crippen LogP contribution is -2.27. The molecule has 0 bridgehead atoms. The predicted octanol–water partition coefficient (Wildman–Crippen LogP) is 6.06. The van der Waals surface area contributed by atoms with Crippen LogP contribution in [0.25, 0.3) is 27.6 Å². The van der Waals surface area contributed by atoms with Gasteiger partial charge < -0.3 is 9.72 Å². The molecule has 0 saturated heterocycles. The molecule has 7 nitrogen and oxygen atoms in total. The quantitative estimate of drug-likeness (QED) is 0.349. The van der Waals surface area contributed by atoms with Gasteiger partial charge in [-0.25, -0.2) is 18.9 Å². The van der Waals surface area contributed by atoms with Crippen molar-refractivity contribution in [3.8, 4) is 5.69 Å². The number of halogens is 5. The molecule has 0 spiro atoms. The number of aromatic amines is 1. The third-order valence-corrected chi connectivity index (χ3v) is 4.64. The number of nitrogens with one attached hydrogen (secondary N) is 2. The molecule has 0 atom stereocenters. The van der Waals surface area contributed by atoms with Gasteiger partial charge in [0.2, 0.25) is 0 Å². The molecule has 2 N–H and O–H groups in total. The summed E-state index contributed by atoms with van der Waals surface area (Å²) < 4.78 is 59.7. The number of ether oxygens (including phenoxy) is 1. The number of pyridine rings is 1. The van der Waals surface area contributed by atoms with Gasteiger partial charge in [0.1, 0.15) is 17.1 Å². The van der Waals surface area contributed by atoms with Crippen LogP contribution in [-0.4, -0.2) is 31.4 Å². The lowest BCUT2D eigenvalue weighted by molar-refractivity contribution is -0.141. The molecule has 0 aliphatic heterocycles. The van der Waals surface area contributed by atoms with Crippen LogP contribution in [0.4, 0.5) is 28.0 Å². The Hall–Kier alpha value is -3.34. The van der Waals surface area contributed by atoms with Crippen molar-refractivity contribution in [2.75, 3.05) is 5.32 Å². The van der Waals surface area contributed by atoms with Gasteiger partial charge in [0.15, 0.2) is 5.69 Å². The molecule has 0 fully saturated rings. The summed E-state index contributed by atoms with van der Waals surface area (Å²) in [5.41, 5.74) is -1.27. The number of carbonyl (C=O) groups is 1. The summed E-state index contributed by atoms with van der Waals surface area (Å²) in [5, 5.41) is 6.51. The minimum absolute atomic E-state index is 0.00105. The first kappa shape index (κ1) is 21.9. The Morgan fingerprint density at radius 3 is 2.59 bits per heavy atom. The topological polar surface area (TPSA) is 84.8 Å². The highest BCUT2D eigenvalue weighted by Gasteiger charge is 2.34. The molecule has 0 aliphatic carbocycles. The fraction of sp³-hybridized carbons (Fsp3) is 0.250. The number of nitrogens with zero attached hydrogens (tertiary/aromatic N) is 3. The predicted molar refractivity (Wildman–Crippen MR) is 111 cm³/mol. The van der Waals surface area contributed by atoms with Gasteiger partial charge in [-0.2, -0.15) is 18.3 Å². The van der Waals surface area contributed by atoms with Crippen LogP contribution >= 0.6 is 11.6 Å². The average Bonchev–Trinajstić information content (AvgIpc) is 3.25. The molecular formula is C20H16ClF4N5O2. The van der Waals surface area contributed by atoms with E-state index in [0.29, 0.717) is 0 Å². The average molecular weight is 470 g/mol. The Labute approximate surface area is 183 Å². The highest BCUT2D eigenvalue weighted by molar-refractivity contribution is 6.34. The van der Waals surface area contributed by atoms with Crippen molar-refractivity contribution in [3.05, 3.63) is 47.1 Å². The van der Waals surface area contributed by atoms with Crippen LogP contribution in [0, 0.1) is 5.82 Å². The molecular weight excluding hydrogens is 454 g/mol. The first-order valence-electron chi connectivity index (χ1n) is 9.26. The van der Waals surface area contributed by atoms with Gasteiger partial charge in [0.25, 0.3) is 0 Å². The van der Waals surface area contributed by atoms with Crippen LogP contribution in [0.3, 0.4) is 0 Å². The van der Waals surface area contributed by atoms with Crippen LogP contribution in [0.15, 0.2) is 30.6 Å². The molecule has 1 amide bonds. The van der Waals surface area contributed by atoms with E-state index in [-0.39, 0.29) is 38.3 Å². The largest absolute Gasteiger partial charge is 0.444 e. The second kappa shape index (κ2) is 7.37. The number of hydrogen-bond donors (Lipinski definition) is 2. The van der Waals surface area contributed by atoms with Gasteiger partial charge in [-0.05, 0) is 39.0 Å². The first-order chi connectivity index (χ1) is 14.8. The van der Waals surface area contributed by atoms with E-state index in [1.165, 1.54) is 6.20 Å². The molecule has 3 aromatic heterocycles. The van der Waals surface area contributed by atoms with Crippen molar-refractivity contribution in [2.24, 2.45) is 0 Å². The summed E-state index contributed by atoms with van der Waals surface area (Å²) >= 11 is 6.25. The summed E-state index contributed by atoms with van der Waals surface area (Å²) in [6, 6.07) is 3.04. The number of anilines is 1. The maximum absolute atomic E-state index is 14.5. The highest BCUT2D eigenvalue weighted by Crippen LogP contribution is 2.38. The Bertz CT molecular complexity index is 1350. The zero-order valence-electron chi connectivity index (χ0n) is 16.9. The SMILES string of the molecule is CC(C)(C)OC(=O)Nc1cc(F)cc2c1[nH]c1ncc(Cl)c(-n3ccc(C(F)(F)F)n3)c12. The summed E-state index contributed by atoms with van der Waals surface area (Å²) in [5.74, 6) is -0.702. The standard InChI is InChI=1S/C20H16ClF4N5O2/c1-19(2,3)32-18(31)27-12-7-9(22)6-10-14-16(11(21)8-26-17(14)28-15(10)12)30-5-4-13(29-30)20(23,24)25/h4-8H,1-3H3,(H,26,28)(H,27,31). The van der Waals surface area contributed by atoms with Gasteiger partial charge >= 0.3 is 12.3 Å². The third-order valence-electron chi connectivity index (χ3n) is 4.37. The van der Waals surface area contributed by atoms with E-state index in [1.807, 2.05) is 0 Å². The smallest absolute Gasteiger partial charge is 0.435 e. The van der Waals surface area contributed by atoms with Gasteiger partial charge in [-0.3, -0.25) is 5.32 Å². The van der Waals surface area contributed by atoms with Crippen LogP contribution in [0.5, 0.6) is 0 Å². The van der Waals surface area contributed by atoms with Gasteiger partial charge in [0, 0.05) is 11.6 Å². The zero-order chi connectivity index (χ0) is 23.4. The molecule has 4 aromatic rings. The number of hydrogen-bond acceptors (Lipinski definition) is 4. The number of fused-ring (bicyclic) bond motifs is 3. The summed E-state index contributed by atoms with van der Waals surface area (Å²) in [6.07, 6.45) is -3.13. The number of benzene rings is 1. The number of alkyl halides is 3. The normalized spacial score (nSPS) is 12.5. The van der Waals surface area contributed by atoms with Crippen LogP contribution in [-0.2, 0) is 10.9 Å². The van der Waals surface area contributed by atoms with Gasteiger partial charge in [-0.15, -0.1) is 0 Å². The molecule has 1 aromatic carbocycles. The van der Waals surface area contributed by atoms with Crippen molar-refractivity contribution in [1.29, 1.82) is 0 Å².